The predicted molar refractivity (Wildman–Crippen MR) is 135 cm³/mol. The van der Waals surface area contributed by atoms with Gasteiger partial charge in [0.25, 0.3) is 5.56 Å². The van der Waals surface area contributed by atoms with Crippen LogP contribution in [0.15, 0.2) is 96.2 Å². The number of para-hydroxylation sites is 1. The van der Waals surface area contributed by atoms with Crippen molar-refractivity contribution in [1.82, 2.24) is 29.6 Å². The Morgan fingerprint density at radius 2 is 1.63 bits per heavy atom. The number of pyridine rings is 1. The Kier molecular flexibility index (Phi) is 5.52. The Labute approximate surface area is 202 Å². The Morgan fingerprint density at radius 1 is 0.886 bits per heavy atom. The SMILES string of the molecule is O=c1[nH]c(-c2ccccc2)nc2c1CN(Cc1cn(-c3ccccc3)nc1-c1ccncc1)CC2. The molecule has 0 saturated heterocycles. The van der Waals surface area contributed by atoms with Gasteiger partial charge in [-0.15, -0.1) is 0 Å². The van der Waals surface area contributed by atoms with Crippen LogP contribution in [0, 0.1) is 0 Å². The fourth-order valence-corrected chi connectivity index (χ4v) is 4.58. The van der Waals surface area contributed by atoms with Gasteiger partial charge in [-0.25, -0.2) is 9.67 Å². The molecule has 5 aromatic rings. The van der Waals surface area contributed by atoms with Crippen molar-refractivity contribution < 1.29 is 0 Å². The minimum absolute atomic E-state index is 0.0621. The number of aromatic amines is 1. The molecule has 172 valence electrons. The van der Waals surface area contributed by atoms with Crippen LogP contribution < -0.4 is 5.56 Å². The van der Waals surface area contributed by atoms with E-state index in [1.54, 1.807) is 12.4 Å². The molecule has 0 atom stereocenters. The number of aromatic nitrogens is 5. The van der Waals surface area contributed by atoms with Crippen molar-refractivity contribution in [1.29, 1.82) is 0 Å². The number of hydrogen-bond donors (Lipinski definition) is 1. The monoisotopic (exact) mass is 460 g/mol. The van der Waals surface area contributed by atoms with Crippen molar-refractivity contribution in [3.8, 4) is 28.3 Å². The molecule has 0 unspecified atom stereocenters. The van der Waals surface area contributed by atoms with E-state index in [4.69, 9.17) is 10.1 Å². The van der Waals surface area contributed by atoms with Gasteiger partial charge in [0.2, 0.25) is 0 Å². The summed E-state index contributed by atoms with van der Waals surface area (Å²) >= 11 is 0. The Balaban J connectivity index is 1.31. The number of fused-ring (bicyclic) bond motifs is 1. The van der Waals surface area contributed by atoms with Crippen molar-refractivity contribution >= 4 is 0 Å². The first-order chi connectivity index (χ1) is 17.2. The quantitative estimate of drug-likeness (QED) is 0.424. The number of benzene rings is 2. The van der Waals surface area contributed by atoms with Crippen molar-refractivity contribution in [2.24, 2.45) is 0 Å². The summed E-state index contributed by atoms with van der Waals surface area (Å²) in [5, 5.41) is 4.91. The largest absolute Gasteiger partial charge is 0.306 e. The van der Waals surface area contributed by atoms with Crippen LogP contribution in [-0.2, 0) is 19.5 Å². The summed E-state index contributed by atoms with van der Waals surface area (Å²) < 4.78 is 1.92. The normalized spacial score (nSPS) is 13.5. The highest BCUT2D eigenvalue weighted by atomic mass is 16.1. The average molecular weight is 461 g/mol. The third-order valence-electron chi connectivity index (χ3n) is 6.35. The van der Waals surface area contributed by atoms with Crippen LogP contribution in [0.1, 0.15) is 16.8 Å². The first kappa shape index (κ1) is 21.2. The zero-order chi connectivity index (χ0) is 23.6. The molecule has 2 aromatic carbocycles. The van der Waals surface area contributed by atoms with Crippen LogP contribution in [0.2, 0.25) is 0 Å². The van der Waals surface area contributed by atoms with Crippen LogP contribution in [0.25, 0.3) is 28.3 Å². The standard InChI is InChI=1S/C28H24N6O/c35-28-24-19-33(16-13-25(24)30-27(31-28)21-7-3-1-4-8-21)17-22-18-34(23-9-5-2-6-10-23)32-26(22)20-11-14-29-15-12-20/h1-12,14-15,18H,13,16-17,19H2,(H,30,31,35). The van der Waals surface area contributed by atoms with Gasteiger partial charge in [0.15, 0.2) is 0 Å². The van der Waals surface area contributed by atoms with Crippen molar-refractivity contribution in [2.75, 3.05) is 6.54 Å². The van der Waals surface area contributed by atoms with E-state index in [2.05, 4.69) is 21.1 Å². The summed E-state index contributed by atoms with van der Waals surface area (Å²) in [4.78, 5) is 27.2. The second-order valence-electron chi connectivity index (χ2n) is 8.69. The molecule has 0 amide bonds. The lowest BCUT2D eigenvalue weighted by Crippen LogP contribution is -2.35. The lowest BCUT2D eigenvalue weighted by Gasteiger charge is -2.27. The summed E-state index contributed by atoms with van der Waals surface area (Å²) in [6.07, 6.45) is 6.39. The average Bonchev–Trinajstić information content (AvgIpc) is 3.34. The van der Waals surface area contributed by atoms with Crippen LogP contribution in [0.3, 0.4) is 0 Å². The summed E-state index contributed by atoms with van der Waals surface area (Å²) in [5.41, 5.74) is 6.55. The summed E-state index contributed by atoms with van der Waals surface area (Å²) in [6.45, 7) is 2.06. The molecule has 0 fully saturated rings. The second-order valence-corrected chi connectivity index (χ2v) is 8.69. The van der Waals surface area contributed by atoms with E-state index in [1.807, 2.05) is 77.5 Å². The highest BCUT2D eigenvalue weighted by Crippen LogP contribution is 2.26. The van der Waals surface area contributed by atoms with E-state index in [0.29, 0.717) is 18.9 Å². The maximum atomic E-state index is 13.0. The molecule has 0 radical (unpaired) electrons. The third-order valence-corrected chi connectivity index (χ3v) is 6.35. The lowest BCUT2D eigenvalue weighted by atomic mass is 10.0. The van der Waals surface area contributed by atoms with Gasteiger partial charge in [-0.05, 0) is 24.3 Å². The van der Waals surface area contributed by atoms with E-state index in [-0.39, 0.29) is 5.56 Å². The van der Waals surface area contributed by atoms with Gasteiger partial charge in [0, 0.05) is 61.3 Å². The number of nitrogens with zero attached hydrogens (tertiary/aromatic N) is 5. The zero-order valence-corrected chi connectivity index (χ0v) is 19.1. The Bertz CT molecular complexity index is 1510. The highest BCUT2D eigenvalue weighted by molar-refractivity contribution is 5.62. The van der Waals surface area contributed by atoms with Gasteiger partial charge in [-0.3, -0.25) is 14.7 Å². The van der Waals surface area contributed by atoms with Crippen LogP contribution in [0.5, 0.6) is 0 Å². The molecule has 7 nitrogen and oxygen atoms in total. The number of rotatable bonds is 5. The Hall–Kier alpha value is -4.36. The molecule has 0 bridgehead atoms. The summed E-state index contributed by atoms with van der Waals surface area (Å²) in [5.74, 6) is 0.631. The molecule has 1 aliphatic heterocycles. The molecule has 1 aliphatic rings. The molecule has 35 heavy (non-hydrogen) atoms. The Morgan fingerprint density at radius 3 is 2.40 bits per heavy atom. The molecule has 0 spiro atoms. The van der Waals surface area contributed by atoms with Gasteiger partial charge in [-0.1, -0.05) is 48.5 Å². The van der Waals surface area contributed by atoms with Crippen LogP contribution >= 0.6 is 0 Å². The fourth-order valence-electron chi connectivity index (χ4n) is 4.58. The molecule has 1 N–H and O–H groups in total. The fraction of sp³-hybridized carbons (Fsp3) is 0.143. The van der Waals surface area contributed by atoms with Gasteiger partial charge in [-0.2, -0.15) is 5.10 Å². The first-order valence-electron chi connectivity index (χ1n) is 11.7. The minimum atomic E-state index is -0.0621. The topological polar surface area (TPSA) is 79.7 Å². The lowest BCUT2D eigenvalue weighted by molar-refractivity contribution is 0.242. The number of nitrogens with one attached hydrogen (secondary N) is 1. The second kappa shape index (κ2) is 9.12. The smallest absolute Gasteiger partial charge is 0.255 e. The van der Waals surface area contributed by atoms with Crippen molar-refractivity contribution in [3.05, 3.63) is 119 Å². The zero-order valence-electron chi connectivity index (χ0n) is 19.1. The van der Waals surface area contributed by atoms with Crippen LogP contribution in [-0.4, -0.2) is 36.2 Å². The molecule has 4 heterocycles. The van der Waals surface area contributed by atoms with Crippen molar-refractivity contribution in [2.45, 2.75) is 19.5 Å². The molecular weight excluding hydrogens is 436 g/mol. The van der Waals surface area contributed by atoms with Gasteiger partial charge in [0.1, 0.15) is 5.82 Å². The van der Waals surface area contributed by atoms with E-state index in [9.17, 15) is 4.79 Å². The van der Waals surface area contributed by atoms with Gasteiger partial charge < -0.3 is 4.98 Å². The summed E-state index contributed by atoms with van der Waals surface area (Å²) in [6, 6.07) is 23.8. The van der Waals surface area contributed by atoms with Gasteiger partial charge >= 0.3 is 0 Å². The first-order valence-corrected chi connectivity index (χ1v) is 11.7. The van der Waals surface area contributed by atoms with E-state index in [0.717, 1.165) is 52.3 Å². The maximum Gasteiger partial charge on any atom is 0.255 e. The highest BCUT2D eigenvalue weighted by Gasteiger charge is 2.23. The van der Waals surface area contributed by atoms with E-state index in [1.165, 1.54) is 0 Å². The molecule has 6 rings (SSSR count). The maximum absolute atomic E-state index is 13.0. The molecule has 3 aromatic heterocycles. The molecule has 0 aliphatic carbocycles. The predicted octanol–water partition coefficient (Wildman–Crippen LogP) is 4.24. The van der Waals surface area contributed by atoms with Crippen molar-refractivity contribution in [3.63, 3.8) is 0 Å². The molecule has 7 heteroatoms. The minimum Gasteiger partial charge on any atom is -0.306 e. The summed E-state index contributed by atoms with van der Waals surface area (Å²) in [7, 11) is 0. The molecule has 0 saturated carbocycles. The third kappa shape index (κ3) is 4.29. The molecular formula is C28H24N6O. The van der Waals surface area contributed by atoms with E-state index < -0.39 is 0 Å². The van der Waals surface area contributed by atoms with E-state index >= 15 is 0 Å². The number of hydrogen-bond acceptors (Lipinski definition) is 5. The number of H-pyrrole nitrogens is 1. The van der Waals surface area contributed by atoms with Gasteiger partial charge in [0.05, 0.1) is 22.6 Å². The van der Waals surface area contributed by atoms with Crippen LogP contribution in [0.4, 0.5) is 0 Å².